The summed E-state index contributed by atoms with van der Waals surface area (Å²) in [5.41, 5.74) is 1.49. The maximum Gasteiger partial charge on any atom is 0.272 e. The number of sulfonamides is 1. The third kappa shape index (κ3) is 8.55. The summed E-state index contributed by atoms with van der Waals surface area (Å²) in [6.45, 7) is 4.49. The molecule has 1 saturated carbocycles. The second-order valence-corrected chi connectivity index (χ2v) is 13.6. The Morgan fingerprint density at radius 1 is 1.21 bits per heavy atom. The molecule has 12 heteroatoms. The monoisotopic (exact) mass is 612 g/mol. The van der Waals surface area contributed by atoms with Gasteiger partial charge in [0.25, 0.3) is 5.91 Å². The van der Waals surface area contributed by atoms with Crippen molar-refractivity contribution < 1.29 is 33.5 Å². The van der Waals surface area contributed by atoms with E-state index in [1.165, 1.54) is 34.9 Å². The van der Waals surface area contributed by atoms with Gasteiger partial charge in [0.15, 0.2) is 5.78 Å². The first kappa shape index (κ1) is 32.4. The van der Waals surface area contributed by atoms with Crippen LogP contribution in [-0.4, -0.2) is 76.1 Å². The molecule has 0 radical (unpaired) electrons. The van der Waals surface area contributed by atoms with Crippen LogP contribution >= 0.6 is 0 Å². The van der Waals surface area contributed by atoms with E-state index in [0.29, 0.717) is 49.7 Å². The molecule has 0 bridgehead atoms. The summed E-state index contributed by atoms with van der Waals surface area (Å²) in [4.78, 5) is 35.3. The zero-order chi connectivity index (χ0) is 31.0. The second kappa shape index (κ2) is 14.8. The maximum absolute atomic E-state index is 13.6. The van der Waals surface area contributed by atoms with Crippen molar-refractivity contribution in [2.45, 2.75) is 64.5 Å². The number of ketones is 1. The number of hydrogen-bond acceptors (Lipinski definition) is 8. The largest absolute Gasteiger partial charge is 0.391 e. The number of carbonyl (C=O) groups excluding carboxylic acids is 2. The molecule has 1 aromatic carbocycles. The summed E-state index contributed by atoms with van der Waals surface area (Å²) in [6, 6.07) is 6.71. The number of carbonyl (C=O) groups is 2. The van der Waals surface area contributed by atoms with Gasteiger partial charge in [-0.2, -0.15) is 4.31 Å². The van der Waals surface area contributed by atoms with E-state index in [9.17, 15) is 23.1 Å². The van der Waals surface area contributed by atoms with Crippen molar-refractivity contribution in [3.63, 3.8) is 0 Å². The molecule has 2 fully saturated rings. The molecule has 4 unspecified atom stereocenters. The topological polar surface area (TPSA) is 164 Å². The quantitative estimate of drug-likeness (QED) is 0.137. The zero-order valence-electron chi connectivity index (χ0n) is 24.7. The molecule has 1 amide bonds. The van der Waals surface area contributed by atoms with E-state index < -0.39 is 28.1 Å². The summed E-state index contributed by atoms with van der Waals surface area (Å²) in [6.07, 6.45) is 10.2. The molecule has 1 saturated heterocycles. The number of amides is 1. The number of rotatable bonds is 10. The minimum Gasteiger partial charge on any atom is -0.391 e. The molecule has 2 aliphatic rings. The van der Waals surface area contributed by atoms with Crippen molar-refractivity contribution in [2.75, 3.05) is 13.1 Å². The molecule has 11 nitrogen and oxygen atoms in total. The van der Waals surface area contributed by atoms with E-state index in [1.54, 1.807) is 6.07 Å². The summed E-state index contributed by atoms with van der Waals surface area (Å²) in [5, 5.41) is 25.3. The van der Waals surface area contributed by atoms with Crippen LogP contribution in [0.2, 0.25) is 0 Å². The standard InChI is InChI=1S/C31H41N5O6S/c1-21-17-24(30(38)27(18-21)35-31(39)28-19-32-25-10-4-5-11-26(25)34-28)22(2)12-13-23-9-8-15-36(20-29(23)37)43(41,42)16-7-3-6-14-33-40/h3-7,10-11,14,16,19,21-24,27,29,37,40H,8-9,12-13,15,17-18,20H2,1-2H3,(H,35,39)/p+1/b6-3-,16-7+,33-14+/t21?,22?,23?,24-,27+,29?/m1/s1. The first-order valence-electron chi connectivity index (χ1n) is 14.9. The Hall–Kier alpha value is -3.48. The fourth-order valence-corrected chi connectivity index (χ4v) is 7.38. The molecule has 1 aliphatic heterocycles. The van der Waals surface area contributed by atoms with Crippen LogP contribution in [-0.2, 0) is 14.8 Å². The fraction of sp³-hybridized carbons (Fsp3) is 0.516. The Morgan fingerprint density at radius 2 is 1.98 bits per heavy atom. The van der Waals surface area contributed by atoms with Gasteiger partial charge in [0.1, 0.15) is 5.69 Å². The average molecular weight is 613 g/mol. The van der Waals surface area contributed by atoms with Crippen molar-refractivity contribution in [3.05, 3.63) is 59.8 Å². The van der Waals surface area contributed by atoms with E-state index in [4.69, 9.17) is 5.21 Å². The first-order valence-corrected chi connectivity index (χ1v) is 16.4. The molecule has 2 aromatic rings. The van der Waals surface area contributed by atoms with Crippen LogP contribution in [0.1, 0.15) is 62.9 Å². The normalized spacial score (nSPS) is 26.8. The van der Waals surface area contributed by atoms with Crippen LogP contribution < -0.4 is 10.5 Å². The van der Waals surface area contributed by atoms with Crippen LogP contribution in [0, 0.1) is 23.7 Å². The van der Waals surface area contributed by atoms with E-state index in [-0.39, 0.29) is 41.7 Å². The molecule has 43 heavy (non-hydrogen) atoms. The van der Waals surface area contributed by atoms with Gasteiger partial charge in [0.05, 0.1) is 29.4 Å². The molecular weight excluding hydrogens is 570 g/mol. The Labute approximate surface area is 252 Å². The highest BCUT2D eigenvalue weighted by molar-refractivity contribution is 7.92. The lowest BCUT2D eigenvalue weighted by atomic mass is 9.71. The van der Waals surface area contributed by atoms with Gasteiger partial charge in [-0.05, 0) is 79.6 Å². The molecular formula is C31H42N5O6S+. The van der Waals surface area contributed by atoms with Crippen molar-refractivity contribution in [2.24, 2.45) is 23.7 Å². The summed E-state index contributed by atoms with van der Waals surface area (Å²) >= 11 is 0. The smallest absolute Gasteiger partial charge is 0.272 e. The molecule has 6 atom stereocenters. The third-order valence-electron chi connectivity index (χ3n) is 8.59. The van der Waals surface area contributed by atoms with Crippen LogP contribution in [0.15, 0.2) is 54.1 Å². The molecule has 0 spiro atoms. The van der Waals surface area contributed by atoms with Crippen molar-refractivity contribution >= 4 is 39.0 Å². The predicted octanol–water partition coefficient (Wildman–Crippen LogP) is 1.77. The van der Waals surface area contributed by atoms with Crippen LogP contribution in [0.3, 0.4) is 0 Å². The molecule has 1 aliphatic carbocycles. The first-order chi connectivity index (χ1) is 20.6. The number of nitrogens with zero attached hydrogens (tertiary/aromatic N) is 3. The number of Topliss-reactive ketones (excluding diaryl/α,β-unsaturated/α-hetero) is 1. The molecule has 232 valence electrons. The lowest BCUT2D eigenvalue weighted by molar-refractivity contribution is -0.733. The predicted molar refractivity (Wildman–Crippen MR) is 162 cm³/mol. The minimum absolute atomic E-state index is 0.0188. The van der Waals surface area contributed by atoms with E-state index in [0.717, 1.165) is 11.8 Å². The lowest BCUT2D eigenvalue weighted by Gasteiger charge is -2.36. The van der Waals surface area contributed by atoms with E-state index in [1.807, 2.05) is 23.4 Å². The van der Waals surface area contributed by atoms with Crippen LogP contribution in [0.25, 0.3) is 11.0 Å². The number of β-amino-alcohol motifs (C(OH)–C–C–N with tert-alkyl or cyclic N) is 1. The number of benzene rings is 1. The summed E-state index contributed by atoms with van der Waals surface area (Å²) in [7, 11) is -3.70. The Morgan fingerprint density at radius 3 is 2.74 bits per heavy atom. The number of aliphatic hydroxyl groups is 1. The Balaban J connectivity index is 1.33. The zero-order valence-corrected chi connectivity index (χ0v) is 25.5. The van der Waals surface area contributed by atoms with Gasteiger partial charge in [0.2, 0.25) is 16.2 Å². The summed E-state index contributed by atoms with van der Waals surface area (Å²) in [5.74, 6) is -0.376. The molecule has 2 heterocycles. The van der Waals surface area contributed by atoms with E-state index >= 15 is 0 Å². The molecule has 4 rings (SSSR count). The Kier molecular flexibility index (Phi) is 11.2. The van der Waals surface area contributed by atoms with Crippen molar-refractivity contribution in [1.29, 1.82) is 0 Å². The van der Waals surface area contributed by atoms with Gasteiger partial charge < -0.3 is 10.4 Å². The Bertz CT molecular complexity index is 1480. The van der Waals surface area contributed by atoms with Gasteiger partial charge in [0, 0.05) is 30.5 Å². The number of aliphatic hydroxyl groups excluding tert-OH is 1. The van der Waals surface area contributed by atoms with Gasteiger partial charge in [-0.25, -0.2) is 13.4 Å². The van der Waals surface area contributed by atoms with Gasteiger partial charge in [-0.3, -0.25) is 19.8 Å². The molecule has 4 N–H and O–H groups in total. The number of nitrogens with one attached hydrogen (secondary N) is 2. The maximum atomic E-state index is 13.6. The number of aromatic nitrogens is 2. The number of allylic oxidation sites excluding steroid dienone is 3. The van der Waals surface area contributed by atoms with Crippen molar-refractivity contribution in [3.8, 4) is 0 Å². The minimum atomic E-state index is -3.70. The average Bonchev–Trinajstić information content (AvgIpc) is 3.18. The highest BCUT2D eigenvalue weighted by atomic mass is 32.2. The SMILES string of the molecule is CC1C[C@H](NC(=O)c2cnc3ccccc3n2)C(=O)[C@@H](C(C)CCC2CCCN(S(=O)(=O)/C=C/C=C\C=[NH+]\O)CC2O)C1. The number of fused-ring (bicyclic) bond motifs is 1. The third-order valence-corrected chi connectivity index (χ3v) is 10.1. The van der Waals surface area contributed by atoms with Crippen molar-refractivity contribution in [1.82, 2.24) is 19.6 Å². The summed E-state index contributed by atoms with van der Waals surface area (Å²) < 4.78 is 26.8. The fourth-order valence-electron chi connectivity index (χ4n) is 6.18. The number of para-hydroxylation sites is 2. The highest BCUT2D eigenvalue weighted by Crippen LogP contribution is 2.35. The van der Waals surface area contributed by atoms with Crippen LogP contribution in [0.5, 0.6) is 0 Å². The molecule has 1 aromatic heterocycles. The van der Waals surface area contributed by atoms with Gasteiger partial charge >= 0.3 is 0 Å². The van der Waals surface area contributed by atoms with Gasteiger partial charge in [-0.15, -0.1) is 0 Å². The highest BCUT2D eigenvalue weighted by Gasteiger charge is 2.39. The van der Waals surface area contributed by atoms with E-state index in [2.05, 4.69) is 29.1 Å². The second-order valence-electron chi connectivity index (χ2n) is 11.8. The number of hydrogen-bond donors (Lipinski definition) is 4. The van der Waals surface area contributed by atoms with Gasteiger partial charge in [-0.1, -0.05) is 32.1 Å². The van der Waals surface area contributed by atoms with Crippen LogP contribution in [0.4, 0.5) is 0 Å². The lowest BCUT2D eigenvalue weighted by Crippen LogP contribution is -2.63.